The molecule has 9 nitrogen and oxygen atoms in total. The molecule has 3 saturated heterocycles. The Morgan fingerprint density at radius 3 is 2.45 bits per heavy atom. The number of piperidine rings is 1. The van der Waals surface area contributed by atoms with Crippen LogP contribution in [0.15, 0.2) is 83.4 Å². The summed E-state index contributed by atoms with van der Waals surface area (Å²) in [5.74, 6) is 0.0447. The average molecular weight is 565 g/mol. The van der Waals surface area contributed by atoms with Crippen molar-refractivity contribution in [2.24, 2.45) is 10.7 Å². The molecule has 4 N–H and O–H groups in total. The molecule has 4 aliphatic heterocycles. The van der Waals surface area contributed by atoms with Gasteiger partial charge in [-0.1, -0.05) is 43.3 Å². The van der Waals surface area contributed by atoms with Gasteiger partial charge in [-0.3, -0.25) is 14.4 Å². The minimum absolute atomic E-state index is 0.0105. The molecular formula is C33H36N6O3. The highest BCUT2D eigenvalue weighted by atomic mass is 16.7. The lowest BCUT2D eigenvalue weighted by Crippen LogP contribution is -2.69. The summed E-state index contributed by atoms with van der Waals surface area (Å²) in [5.41, 5.74) is 17.2. The number of para-hydroxylation sites is 1. The molecule has 0 aliphatic carbocycles. The molecule has 2 unspecified atom stereocenters. The molecule has 7 rings (SSSR count). The van der Waals surface area contributed by atoms with Crippen molar-refractivity contribution < 1.29 is 14.4 Å². The number of anilines is 2. The van der Waals surface area contributed by atoms with E-state index in [0.29, 0.717) is 60.1 Å². The van der Waals surface area contributed by atoms with Crippen LogP contribution in [0.1, 0.15) is 47.7 Å². The first-order valence-electron chi connectivity index (χ1n) is 14.5. The molecule has 3 aromatic carbocycles. The monoisotopic (exact) mass is 564 g/mol. The van der Waals surface area contributed by atoms with Gasteiger partial charge in [0.2, 0.25) is 0 Å². The highest BCUT2D eigenvalue weighted by molar-refractivity contribution is 6.05. The molecule has 2 amide bonds. The minimum atomic E-state index is -0.256. The van der Waals surface area contributed by atoms with Crippen molar-refractivity contribution in [1.29, 1.82) is 0 Å². The van der Waals surface area contributed by atoms with Crippen LogP contribution in [0.5, 0.6) is 0 Å². The fourth-order valence-corrected chi connectivity index (χ4v) is 6.00. The van der Waals surface area contributed by atoms with E-state index in [4.69, 9.17) is 16.3 Å². The van der Waals surface area contributed by atoms with E-state index in [1.807, 2.05) is 42.2 Å². The number of fused-ring (bicyclic) bond motifs is 3. The number of nitrogen functional groups attached to an aromatic ring is 1. The molecule has 42 heavy (non-hydrogen) atoms. The number of amidine groups is 1. The highest BCUT2D eigenvalue weighted by Crippen LogP contribution is 2.37. The Labute approximate surface area is 246 Å². The Morgan fingerprint density at radius 1 is 1.00 bits per heavy atom. The van der Waals surface area contributed by atoms with Gasteiger partial charge in [0, 0.05) is 66.2 Å². The van der Waals surface area contributed by atoms with Gasteiger partial charge in [-0.2, -0.15) is 0 Å². The van der Waals surface area contributed by atoms with Gasteiger partial charge in [0.05, 0.1) is 5.69 Å². The van der Waals surface area contributed by atoms with E-state index in [0.717, 1.165) is 24.0 Å². The van der Waals surface area contributed by atoms with Crippen LogP contribution in [0.4, 0.5) is 17.1 Å². The maximum absolute atomic E-state index is 13.6. The van der Waals surface area contributed by atoms with Gasteiger partial charge in [-0.15, -0.1) is 0 Å². The van der Waals surface area contributed by atoms with Gasteiger partial charge < -0.3 is 21.3 Å². The van der Waals surface area contributed by atoms with Gasteiger partial charge in [0.1, 0.15) is 12.4 Å². The standard InChI is InChI=1S/C33H36N6O3/c1-2-14-38(42-21-22-8-12-26(34)13-9-22)33(41)25-15-23-10-11-24(16-30(23)36-31(35)17-25)32(40)37-19-28-18-29(20-37)39(28)27-6-4-3-5-7-27/h3-13,15-16,28-29H,2,14,17-21,34H2,1H3,(H2,35,36). The summed E-state index contributed by atoms with van der Waals surface area (Å²) >= 11 is 0. The number of nitrogens with zero attached hydrogens (tertiary/aromatic N) is 4. The number of piperazine rings is 1. The number of hydrogen-bond acceptors (Lipinski definition) is 7. The number of carbonyl (C=O) groups excluding carboxylic acids is 2. The summed E-state index contributed by atoms with van der Waals surface area (Å²) in [6.07, 6.45) is 3.82. The summed E-state index contributed by atoms with van der Waals surface area (Å²) in [6.45, 7) is 4.04. The molecule has 0 aromatic heterocycles. The van der Waals surface area contributed by atoms with E-state index in [-0.39, 0.29) is 24.8 Å². The predicted octanol–water partition coefficient (Wildman–Crippen LogP) is 4.52. The second kappa shape index (κ2) is 11.7. The lowest BCUT2D eigenvalue weighted by Gasteiger charge is -2.57. The first-order chi connectivity index (χ1) is 20.4. The molecule has 216 valence electrons. The van der Waals surface area contributed by atoms with Crippen molar-refractivity contribution in [1.82, 2.24) is 9.96 Å². The number of amides is 2. The molecule has 3 fully saturated rings. The van der Waals surface area contributed by atoms with Gasteiger partial charge in [-0.05, 0) is 60.9 Å². The molecule has 2 atom stereocenters. The summed E-state index contributed by atoms with van der Waals surface area (Å²) in [5, 5.41) is 1.39. The third-order valence-electron chi connectivity index (χ3n) is 8.07. The maximum atomic E-state index is 13.6. The quantitative estimate of drug-likeness (QED) is 0.307. The van der Waals surface area contributed by atoms with Gasteiger partial charge in [0.15, 0.2) is 0 Å². The first-order valence-corrected chi connectivity index (χ1v) is 14.5. The molecule has 0 spiro atoms. The van der Waals surface area contributed by atoms with Crippen molar-refractivity contribution in [3.8, 4) is 0 Å². The second-order valence-corrected chi connectivity index (χ2v) is 11.1. The molecule has 2 bridgehead atoms. The van der Waals surface area contributed by atoms with E-state index >= 15 is 0 Å². The van der Waals surface area contributed by atoms with Crippen LogP contribution in [-0.4, -0.2) is 59.3 Å². The molecule has 3 aromatic rings. The normalized spacial score (nSPS) is 19.2. The minimum Gasteiger partial charge on any atom is -0.399 e. The van der Waals surface area contributed by atoms with Crippen molar-refractivity contribution >= 4 is 40.8 Å². The van der Waals surface area contributed by atoms with E-state index in [9.17, 15) is 9.59 Å². The molecular weight excluding hydrogens is 528 g/mol. The Balaban J connectivity index is 1.16. The van der Waals surface area contributed by atoms with Crippen molar-refractivity contribution in [2.75, 3.05) is 30.3 Å². The van der Waals surface area contributed by atoms with Gasteiger partial charge >= 0.3 is 0 Å². The van der Waals surface area contributed by atoms with E-state index < -0.39 is 0 Å². The summed E-state index contributed by atoms with van der Waals surface area (Å²) in [4.78, 5) is 42.0. The number of rotatable bonds is 8. The Morgan fingerprint density at radius 2 is 1.74 bits per heavy atom. The molecule has 0 radical (unpaired) electrons. The highest BCUT2D eigenvalue weighted by Gasteiger charge is 2.46. The number of nitrogens with two attached hydrogens (primary N) is 2. The van der Waals surface area contributed by atoms with Crippen LogP contribution in [0.2, 0.25) is 0 Å². The predicted molar refractivity (Wildman–Crippen MR) is 165 cm³/mol. The van der Waals surface area contributed by atoms with Crippen LogP contribution in [0.25, 0.3) is 6.08 Å². The summed E-state index contributed by atoms with van der Waals surface area (Å²) in [7, 11) is 0. The fourth-order valence-electron chi connectivity index (χ4n) is 6.00. The largest absolute Gasteiger partial charge is 0.399 e. The topological polar surface area (TPSA) is 117 Å². The van der Waals surface area contributed by atoms with Crippen molar-refractivity contribution in [3.63, 3.8) is 0 Å². The third-order valence-corrected chi connectivity index (χ3v) is 8.07. The van der Waals surface area contributed by atoms with Gasteiger partial charge in [-0.25, -0.2) is 10.1 Å². The van der Waals surface area contributed by atoms with Crippen LogP contribution < -0.4 is 16.4 Å². The summed E-state index contributed by atoms with van der Waals surface area (Å²) in [6, 6.07) is 23.8. The second-order valence-electron chi connectivity index (χ2n) is 11.1. The number of hydroxylamine groups is 2. The third kappa shape index (κ3) is 5.60. The van der Waals surface area contributed by atoms with E-state index in [2.05, 4.69) is 34.2 Å². The summed E-state index contributed by atoms with van der Waals surface area (Å²) < 4.78 is 0. The van der Waals surface area contributed by atoms with Crippen LogP contribution in [-0.2, 0) is 16.2 Å². The molecule has 4 aliphatic rings. The number of aliphatic imine (C=N–C) groups is 1. The first kappa shape index (κ1) is 27.5. The maximum Gasteiger partial charge on any atom is 0.273 e. The van der Waals surface area contributed by atoms with Crippen LogP contribution >= 0.6 is 0 Å². The zero-order valence-corrected chi connectivity index (χ0v) is 23.8. The lowest BCUT2D eigenvalue weighted by atomic mass is 9.86. The number of hydrogen-bond donors (Lipinski definition) is 2. The van der Waals surface area contributed by atoms with Crippen molar-refractivity contribution in [3.05, 3.63) is 95.1 Å². The molecule has 0 saturated carbocycles. The van der Waals surface area contributed by atoms with Crippen LogP contribution in [0, 0.1) is 0 Å². The fraction of sp³-hybridized carbons (Fsp3) is 0.303. The van der Waals surface area contributed by atoms with E-state index in [1.165, 1.54) is 10.8 Å². The van der Waals surface area contributed by atoms with Gasteiger partial charge in [0.25, 0.3) is 11.8 Å². The molecule has 9 heteroatoms. The SMILES string of the molecule is CCCN(OCc1ccc(N)cc1)C(=O)C1=Cc2ccc(C(=O)N3CC4CC(C3)N4c3ccccc3)cc2N=C(N)C1. The van der Waals surface area contributed by atoms with Crippen molar-refractivity contribution in [2.45, 2.75) is 44.9 Å². The smallest absolute Gasteiger partial charge is 0.273 e. The Hall–Kier alpha value is -4.63. The zero-order chi connectivity index (χ0) is 29.2. The Bertz CT molecular complexity index is 1520. The Kier molecular flexibility index (Phi) is 7.67. The average Bonchev–Trinajstić information content (AvgIpc) is 3.17. The zero-order valence-electron chi connectivity index (χ0n) is 23.8. The van der Waals surface area contributed by atoms with Crippen LogP contribution in [0.3, 0.4) is 0 Å². The van der Waals surface area contributed by atoms with E-state index in [1.54, 1.807) is 24.3 Å². The lowest BCUT2D eigenvalue weighted by molar-refractivity contribution is -0.187. The number of carbonyl (C=O) groups is 2. The molecule has 4 heterocycles. The number of benzene rings is 3.